The summed E-state index contributed by atoms with van der Waals surface area (Å²) in [5.74, 6) is -2.51. The molecule has 0 unspecified atom stereocenters. The minimum absolute atomic E-state index is 0. The maximum absolute atomic E-state index is 11.2. The largest absolute Gasteiger partial charge is 1.00 e. The third kappa shape index (κ3) is 5.35. The molecule has 1 saturated carbocycles. The zero-order chi connectivity index (χ0) is 12.3. The first-order chi connectivity index (χ1) is 7.45. The predicted molar refractivity (Wildman–Crippen MR) is 61.3 cm³/mol. The van der Waals surface area contributed by atoms with Crippen LogP contribution in [0.5, 0.6) is 0 Å². The van der Waals surface area contributed by atoms with Gasteiger partial charge in [-0.25, -0.2) is 9.59 Å². The first kappa shape index (κ1) is 21.0. The van der Waals surface area contributed by atoms with Gasteiger partial charge in [0.1, 0.15) is 0 Å². The van der Waals surface area contributed by atoms with Crippen molar-refractivity contribution in [1.29, 1.82) is 0 Å². The molecule has 0 bridgehead atoms. The van der Waals surface area contributed by atoms with Crippen LogP contribution in [-0.2, 0) is 9.59 Å². The molecule has 1 aliphatic rings. The summed E-state index contributed by atoms with van der Waals surface area (Å²) in [6.45, 7) is 3.45. The SMILES string of the molecule is CC(C)/C(C(=O)O)=C(/C(=O)O)C1CCCC1.[H-].[H-].[Na+].[Na+]. The van der Waals surface area contributed by atoms with Crippen molar-refractivity contribution in [1.82, 2.24) is 0 Å². The fraction of sp³-hybridized carbons (Fsp3) is 0.667. The molecular weight excluding hydrogens is 254 g/mol. The molecule has 0 amide bonds. The van der Waals surface area contributed by atoms with E-state index in [-0.39, 0.29) is 84.9 Å². The Labute approximate surface area is 155 Å². The van der Waals surface area contributed by atoms with Gasteiger partial charge >= 0.3 is 71.1 Å². The molecule has 0 spiro atoms. The molecule has 1 aliphatic carbocycles. The summed E-state index contributed by atoms with van der Waals surface area (Å²) in [4.78, 5) is 22.3. The Morgan fingerprint density at radius 2 is 1.50 bits per heavy atom. The minimum Gasteiger partial charge on any atom is -1.00 e. The first-order valence-corrected chi connectivity index (χ1v) is 5.65. The van der Waals surface area contributed by atoms with E-state index in [0.29, 0.717) is 0 Å². The molecule has 6 heteroatoms. The fourth-order valence-electron chi connectivity index (χ4n) is 2.40. The molecule has 2 N–H and O–H groups in total. The monoisotopic (exact) mass is 274 g/mol. The van der Waals surface area contributed by atoms with Crippen LogP contribution in [0.25, 0.3) is 0 Å². The van der Waals surface area contributed by atoms with E-state index >= 15 is 0 Å². The van der Waals surface area contributed by atoms with E-state index in [9.17, 15) is 14.7 Å². The van der Waals surface area contributed by atoms with Crippen molar-refractivity contribution in [2.45, 2.75) is 39.5 Å². The number of hydrogen-bond acceptors (Lipinski definition) is 2. The Hall–Kier alpha value is 0.680. The second-order valence-electron chi connectivity index (χ2n) is 4.57. The molecule has 4 nitrogen and oxygen atoms in total. The van der Waals surface area contributed by atoms with Crippen LogP contribution in [0.4, 0.5) is 0 Å². The van der Waals surface area contributed by atoms with Crippen LogP contribution >= 0.6 is 0 Å². The fourth-order valence-corrected chi connectivity index (χ4v) is 2.40. The molecule has 0 aromatic heterocycles. The number of carbonyl (C=O) groups is 2. The van der Waals surface area contributed by atoms with E-state index in [1.165, 1.54) is 0 Å². The standard InChI is InChI=1S/C12H18O4.2Na.2H/c1-7(2)9(11(13)14)10(12(15)16)8-5-3-4-6-8;;;;/h7-8H,3-6H2,1-2H3,(H,13,14)(H,15,16);;;;/q;2*+1;2*-1/b10-9-;;;;. The smallest absolute Gasteiger partial charge is 1.00 e. The molecule has 0 aliphatic heterocycles. The number of hydrogen-bond donors (Lipinski definition) is 2. The molecule has 0 saturated heterocycles. The van der Waals surface area contributed by atoms with Crippen LogP contribution in [0.15, 0.2) is 11.1 Å². The van der Waals surface area contributed by atoms with E-state index in [0.717, 1.165) is 25.7 Å². The normalized spacial score (nSPS) is 16.6. The van der Waals surface area contributed by atoms with Crippen molar-refractivity contribution in [3.63, 3.8) is 0 Å². The Bertz CT molecular complexity index is 340. The van der Waals surface area contributed by atoms with Gasteiger partial charge in [0.2, 0.25) is 0 Å². The van der Waals surface area contributed by atoms with Gasteiger partial charge < -0.3 is 13.1 Å². The van der Waals surface area contributed by atoms with Gasteiger partial charge in [0.05, 0.1) is 11.1 Å². The summed E-state index contributed by atoms with van der Waals surface area (Å²) in [6.07, 6.45) is 3.58. The van der Waals surface area contributed by atoms with Crippen LogP contribution in [0.3, 0.4) is 0 Å². The summed E-state index contributed by atoms with van der Waals surface area (Å²) in [7, 11) is 0. The summed E-state index contributed by atoms with van der Waals surface area (Å²) >= 11 is 0. The van der Waals surface area contributed by atoms with Gasteiger partial charge in [0.25, 0.3) is 0 Å². The molecule has 0 heterocycles. The molecule has 94 valence electrons. The van der Waals surface area contributed by atoms with Gasteiger partial charge in [-0.2, -0.15) is 0 Å². The molecule has 18 heavy (non-hydrogen) atoms. The van der Waals surface area contributed by atoms with Crippen molar-refractivity contribution >= 4 is 11.9 Å². The maximum Gasteiger partial charge on any atom is 1.00 e. The number of aliphatic carboxylic acids is 2. The molecule has 1 fully saturated rings. The Balaban J connectivity index is -0.000000320. The van der Waals surface area contributed by atoms with Gasteiger partial charge in [-0.3, -0.25) is 0 Å². The van der Waals surface area contributed by atoms with Crippen molar-refractivity contribution in [3.05, 3.63) is 11.1 Å². The third-order valence-electron chi connectivity index (χ3n) is 3.09. The molecule has 0 radical (unpaired) electrons. The van der Waals surface area contributed by atoms with Crippen molar-refractivity contribution < 1.29 is 81.8 Å². The summed E-state index contributed by atoms with van der Waals surface area (Å²) in [5.41, 5.74) is 0.194. The van der Waals surface area contributed by atoms with E-state index in [2.05, 4.69) is 0 Å². The number of rotatable bonds is 4. The first-order valence-electron chi connectivity index (χ1n) is 5.65. The predicted octanol–water partition coefficient (Wildman–Crippen LogP) is -3.47. The van der Waals surface area contributed by atoms with Crippen molar-refractivity contribution in [2.75, 3.05) is 0 Å². The van der Waals surface area contributed by atoms with Crippen LogP contribution in [0, 0.1) is 11.8 Å². The van der Waals surface area contributed by atoms with E-state index in [4.69, 9.17) is 5.11 Å². The molecule has 0 aromatic rings. The van der Waals surface area contributed by atoms with Gasteiger partial charge in [-0.1, -0.05) is 26.7 Å². The van der Waals surface area contributed by atoms with E-state index < -0.39 is 11.9 Å². The second-order valence-corrected chi connectivity index (χ2v) is 4.57. The number of carboxylic acids is 2. The Morgan fingerprint density at radius 3 is 1.78 bits per heavy atom. The summed E-state index contributed by atoms with van der Waals surface area (Å²) < 4.78 is 0. The van der Waals surface area contributed by atoms with Gasteiger partial charge in [0.15, 0.2) is 0 Å². The molecule has 0 aromatic carbocycles. The number of carboxylic acid groups (broad SMARTS) is 2. The summed E-state index contributed by atoms with van der Waals surface area (Å²) in [5, 5.41) is 18.3. The van der Waals surface area contributed by atoms with Crippen LogP contribution in [0.2, 0.25) is 0 Å². The Kier molecular flexibility index (Phi) is 11.1. The summed E-state index contributed by atoms with van der Waals surface area (Å²) in [6, 6.07) is 0. The Morgan fingerprint density at radius 1 is 1.06 bits per heavy atom. The molecular formula is C12H20Na2O4. The van der Waals surface area contributed by atoms with Crippen molar-refractivity contribution in [2.24, 2.45) is 11.8 Å². The molecule has 0 atom stereocenters. The zero-order valence-corrected chi connectivity index (χ0v) is 15.7. The second kappa shape index (κ2) is 9.56. The zero-order valence-electron chi connectivity index (χ0n) is 13.7. The maximum atomic E-state index is 11.2. The average Bonchev–Trinajstić information content (AvgIpc) is 2.64. The third-order valence-corrected chi connectivity index (χ3v) is 3.09. The average molecular weight is 274 g/mol. The minimum atomic E-state index is -1.10. The topological polar surface area (TPSA) is 74.6 Å². The quantitative estimate of drug-likeness (QED) is 0.413. The van der Waals surface area contributed by atoms with Gasteiger partial charge in [-0.15, -0.1) is 0 Å². The van der Waals surface area contributed by atoms with Crippen molar-refractivity contribution in [3.8, 4) is 0 Å². The van der Waals surface area contributed by atoms with Crippen LogP contribution in [-0.4, -0.2) is 22.2 Å². The van der Waals surface area contributed by atoms with Gasteiger partial charge in [0, 0.05) is 0 Å². The molecule has 1 rings (SSSR count). The van der Waals surface area contributed by atoms with E-state index in [1.54, 1.807) is 13.8 Å². The van der Waals surface area contributed by atoms with Gasteiger partial charge in [-0.05, 0) is 24.7 Å². The van der Waals surface area contributed by atoms with Crippen LogP contribution < -0.4 is 59.1 Å². The van der Waals surface area contributed by atoms with Crippen LogP contribution in [0.1, 0.15) is 42.4 Å². The van der Waals surface area contributed by atoms with E-state index in [1.807, 2.05) is 0 Å².